The predicted molar refractivity (Wildman–Crippen MR) is 36.3 cm³/mol. The first-order valence-corrected chi connectivity index (χ1v) is 2.67. The quantitative estimate of drug-likeness (QED) is 0.615. The van der Waals surface area contributed by atoms with E-state index < -0.39 is 11.9 Å². The largest absolute Gasteiger partial charge is 0.481 e. The van der Waals surface area contributed by atoms with Gasteiger partial charge in [-0.2, -0.15) is 0 Å². The van der Waals surface area contributed by atoms with Crippen molar-refractivity contribution in [1.29, 1.82) is 0 Å². The first kappa shape index (κ1) is 8.24. The van der Waals surface area contributed by atoms with E-state index in [1.807, 2.05) is 0 Å². The minimum Gasteiger partial charge on any atom is -0.481 e. The molecule has 50 valence electrons. The van der Waals surface area contributed by atoms with Crippen molar-refractivity contribution in [2.24, 2.45) is 5.92 Å². The summed E-state index contributed by atoms with van der Waals surface area (Å²) in [6.07, 6.45) is 1.23. The number of carbonyl (C=O) groups is 1. The molecule has 0 bridgehead atoms. The van der Waals surface area contributed by atoms with Gasteiger partial charge in [-0.25, -0.2) is 0 Å². The third-order valence-corrected chi connectivity index (χ3v) is 1.07. The van der Waals surface area contributed by atoms with Crippen molar-refractivity contribution >= 4 is 17.6 Å². The highest BCUT2D eigenvalue weighted by Gasteiger charge is 2.14. The molecule has 0 aromatic carbocycles. The number of halogens is 1. The molecular formula is C6H7ClO2. The monoisotopic (exact) mass is 146 g/mol. The first-order valence-electron chi connectivity index (χ1n) is 2.29. The Balaban J connectivity index is 4.16. The molecule has 0 rings (SSSR count). The van der Waals surface area contributed by atoms with Gasteiger partial charge >= 0.3 is 5.97 Å². The number of rotatable bonds is 3. The fourth-order valence-electron chi connectivity index (χ4n) is 0.363. The Bertz CT molecular complexity index is 137. The average Bonchev–Trinajstić information content (AvgIpc) is 1.64. The second-order valence-electron chi connectivity index (χ2n) is 1.50. The van der Waals surface area contributed by atoms with Crippen LogP contribution < -0.4 is 0 Å². The Morgan fingerprint density at radius 2 is 2.22 bits per heavy atom. The van der Waals surface area contributed by atoms with Crippen LogP contribution in [0, 0.1) is 5.92 Å². The molecule has 0 spiro atoms. The van der Waals surface area contributed by atoms with Gasteiger partial charge in [0, 0.05) is 5.03 Å². The van der Waals surface area contributed by atoms with Gasteiger partial charge in [0.1, 0.15) is 5.92 Å². The van der Waals surface area contributed by atoms with Crippen LogP contribution >= 0.6 is 11.6 Å². The maximum atomic E-state index is 10.2. The number of carboxylic acid groups (broad SMARTS) is 1. The van der Waals surface area contributed by atoms with Crippen molar-refractivity contribution < 1.29 is 9.90 Å². The van der Waals surface area contributed by atoms with Crippen LogP contribution in [0.25, 0.3) is 0 Å². The van der Waals surface area contributed by atoms with Gasteiger partial charge in [-0.1, -0.05) is 24.3 Å². The zero-order valence-electron chi connectivity index (χ0n) is 4.80. The summed E-state index contributed by atoms with van der Waals surface area (Å²) in [5, 5.41) is 8.41. The highest BCUT2D eigenvalue weighted by Crippen LogP contribution is 2.13. The van der Waals surface area contributed by atoms with Crippen LogP contribution in [0.15, 0.2) is 24.3 Å². The second-order valence-corrected chi connectivity index (χ2v) is 1.98. The Kier molecular flexibility index (Phi) is 3.02. The maximum absolute atomic E-state index is 10.2. The molecule has 0 aliphatic rings. The highest BCUT2D eigenvalue weighted by molar-refractivity contribution is 6.31. The molecule has 9 heavy (non-hydrogen) atoms. The fraction of sp³-hybridized carbons (Fsp3) is 0.167. The minimum atomic E-state index is -1.02. The summed E-state index contributed by atoms with van der Waals surface area (Å²) in [7, 11) is 0. The van der Waals surface area contributed by atoms with E-state index in [1.54, 1.807) is 0 Å². The van der Waals surface area contributed by atoms with Gasteiger partial charge in [0.25, 0.3) is 0 Å². The topological polar surface area (TPSA) is 37.3 Å². The molecule has 3 heteroatoms. The summed E-state index contributed by atoms with van der Waals surface area (Å²) in [5.41, 5.74) is 0. The van der Waals surface area contributed by atoms with Crippen LogP contribution in [0.3, 0.4) is 0 Å². The van der Waals surface area contributed by atoms with E-state index in [9.17, 15) is 4.79 Å². The van der Waals surface area contributed by atoms with Gasteiger partial charge in [-0.05, 0) is 0 Å². The molecule has 1 N–H and O–H groups in total. The molecule has 0 fully saturated rings. The van der Waals surface area contributed by atoms with Gasteiger partial charge < -0.3 is 5.11 Å². The molecule has 0 amide bonds. The third-order valence-electron chi connectivity index (χ3n) is 0.839. The van der Waals surface area contributed by atoms with Crippen LogP contribution in [0.5, 0.6) is 0 Å². The van der Waals surface area contributed by atoms with Gasteiger partial charge in [0.15, 0.2) is 0 Å². The normalized spacial score (nSPS) is 12.1. The second kappa shape index (κ2) is 3.30. The van der Waals surface area contributed by atoms with E-state index in [4.69, 9.17) is 16.7 Å². The smallest absolute Gasteiger partial charge is 0.315 e. The zero-order valence-corrected chi connectivity index (χ0v) is 5.56. The third kappa shape index (κ3) is 2.33. The van der Waals surface area contributed by atoms with E-state index in [1.165, 1.54) is 6.08 Å². The van der Waals surface area contributed by atoms with Crippen molar-refractivity contribution in [3.8, 4) is 0 Å². The molecule has 1 atom stereocenters. The molecule has 0 saturated carbocycles. The summed E-state index contributed by atoms with van der Waals surface area (Å²) in [6.45, 7) is 6.54. The Morgan fingerprint density at radius 1 is 1.78 bits per heavy atom. The maximum Gasteiger partial charge on any atom is 0.315 e. The molecule has 1 unspecified atom stereocenters. The van der Waals surface area contributed by atoms with Crippen molar-refractivity contribution in [2.45, 2.75) is 0 Å². The van der Waals surface area contributed by atoms with Crippen molar-refractivity contribution in [1.82, 2.24) is 0 Å². The summed E-state index contributed by atoms with van der Waals surface area (Å²) in [6, 6.07) is 0. The average molecular weight is 147 g/mol. The lowest BCUT2D eigenvalue weighted by atomic mass is 10.1. The Morgan fingerprint density at radius 3 is 2.22 bits per heavy atom. The number of hydrogen-bond acceptors (Lipinski definition) is 1. The molecule has 0 heterocycles. The summed E-state index contributed by atoms with van der Waals surface area (Å²) in [4.78, 5) is 10.2. The lowest BCUT2D eigenvalue weighted by Crippen LogP contribution is -2.09. The van der Waals surface area contributed by atoms with Crippen LogP contribution in [0.1, 0.15) is 0 Å². The Labute approximate surface area is 58.4 Å². The molecular weight excluding hydrogens is 140 g/mol. The molecule has 0 aliphatic heterocycles. The van der Waals surface area contributed by atoms with E-state index in [2.05, 4.69) is 13.2 Å². The fourth-order valence-corrected chi connectivity index (χ4v) is 0.545. The van der Waals surface area contributed by atoms with Crippen molar-refractivity contribution in [3.05, 3.63) is 24.3 Å². The van der Waals surface area contributed by atoms with E-state index in [0.717, 1.165) is 0 Å². The molecule has 0 radical (unpaired) electrons. The van der Waals surface area contributed by atoms with E-state index in [-0.39, 0.29) is 5.03 Å². The summed E-state index contributed by atoms with van der Waals surface area (Å²) < 4.78 is 0. The zero-order chi connectivity index (χ0) is 7.44. The SMILES string of the molecule is C=CC(C(=C)Cl)C(=O)O. The van der Waals surface area contributed by atoms with Crippen LogP contribution in [0.4, 0.5) is 0 Å². The Hall–Kier alpha value is -0.760. The lowest BCUT2D eigenvalue weighted by molar-refractivity contribution is -0.138. The molecule has 0 aromatic heterocycles. The summed E-state index contributed by atoms with van der Waals surface area (Å²) in [5.74, 6) is -1.85. The van der Waals surface area contributed by atoms with Gasteiger partial charge in [-0.15, -0.1) is 6.58 Å². The highest BCUT2D eigenvalue weighted by atomic mass is 35.5. The lowest BCUT2D eigenvalue weighted by Gasteiger charge is -2.01. The molecule has 0 aromatic rings. The molecule has 0 aliphatic carbocycles. The number of carboxylic acids is 1. The summed E-state index contributed by atoms with van der Waals surface area (Å²) >= 11 is 5.29. The van der Waals surface area contributed by atoms with Crippen LogP contribution in [-0.4, -0.2) is 11.1 Å². The number of aliphatic carboxylic acids is 1. The molecule has 0 saturated heterocycles. The van der Waals surface area contributed by atoms with E-state index >= 15 is 0 Å². The minimum absolute atomic E-state index is 0.0810. The van der Waals surface area contributed by atoms with Crippen molar-refractivity contribution in [2.75, 3.05) is 0 Å². The van der Waals surface area contributed by atoms with Gasteiger partial charge in [0.05, 0.1) is 0 Å². The molecule has 2 nitrogen and oxygen atoms in total. The predicted octanol–water partition coefficient (Wildman–Crippen LogP) is 1.63. The van der Waals surface area contributed by atoms with Crippen LogP contribution in [-0.2, 0) is 4.79 Å². The first-order chi connectivity index (χ1) is 4.09. The van der Waals surface area contributed by atoms with Crippen LogP contribution in [0.2, 0.25) is 0 Å². The standard InChI is InChI=1S/C6H7ClO2/c1-3-5(4(2)7)6(8)9/h3,5H,1-2H2,(H,8,9). The van der Waals surface area contributed by atoms with Gasteiger partial charge in [-0.3, -0.25) is 4.79 Å². The number of hydrogen-bond donors (Lipinski definition) is 1. The van der Waals surface area contributed by atoms with Gasteiger partial charge in [0.2, 0.25) is 0 Å². The van der Waals surface area contributed by atoms with E-state index in [0.29, 0.717) is 0 Å². The van der Waals surface area contributed by atoms with Crippen molar-refractivity contribution in [3.63, 3.8) is 0 Å².